The van der Waals surface area contributed by atoms with Crippen LogP contribution in [0.2, 0.25) is 0 Å². The van der Waals surface area contributed by atoms with Gasteiger partial charge in [-0.1, -0.05) is 13.8 Å². The van der Waals surface area contributed by atoms with Gasteiger partial charge in [0.25, 0.3) is 0 Å². The van der Waals surface area contributed by atoms with E-state index in [1.165, 1.54) is 0 Å². The summed E-state index contributed by atoms with van der Waals surface area (Å²) >= 11 is 0. The molecule has 0 aromatic heterocycles. The number of aliphatic carboxylic acids is 1. The molecule has 0 aliphatic heterocycles. The van der Waals surface area contributed by atoms with E-state index in [0.717, 1.165) is 6.42 Å². The third-order valence-corrected chi connectivity index (χ3v) is 2.26. The first-order valence-corrected chi connectivity index (χ1v) is 5.26. The molecule has 2 N–H and O–H groups in total. The Kier molecular flexibility index (Phi) is 5.33. The molecule has 0 saturated heterocycles. The Bertz CT molecular complexity index is 234. The van der Waals surface area contributed by atoms with E-state index >= 15 is 0 Å². The number of rotatable bonds is 6. The number of hydrogen-bond donors (Lipinski definition) is 2. The Morgan fingerprint density at radius 3 is 2.27 bits per heavy atom. The molecule has 0 aliphatic carbocycles. The molecule has 0 aromatic carbocycles. The number of hydrogen-bond acceptors (Lipinski definition) is 2. The largest absolute Gasteiger partial charge is 0.481 e. The quantitative estimate of drug-likeness (QED) is 0.708. The van der Waals surface area contributed by atoms with Gasteiger partial charge in [-0.25, -0.2) is 0 Å². The normalized spacial score (nSPS) is 11.5. The molecule has 0 bridgehead atoms. The van der Waals surface area contributed by atoms with E-state index in [1.807, 2.05) is 0 Å². The van der Waals surface area contributed by atoms with E-state index in [2.05, 4.69) is 19.2 Å². The summed E-state index contributed by atoms with van der Waals surface area (Å²) in [6, 6.07) is 0. The Hall–Kier alpha value is -1.06. The minimum Gasteiger partial charge on any atom is -0.481 e. The maximum absolute atomic E-state index is 11.3. The summed E-state index contributed by atoms with van der Waals surface area (Å²) in [4.78, 5) is 22.1. The molecule has 0 heterocycles. The monoisotopic (exact) mass is 215 g/mol. The molecule has 0 spiro atoms. The van der Waals surface area contributed by atoms with E-state index in [0.29, 0.717) is 12.3 Å². The van der Waals surface area contributed by atoms with Crippen molar-refractivity contribution in [1.82, 2.24) is 5.32 Å². The standard InChI is InChI=1S/C11H21NO3/c1-8(2)5-6-9(13)12-7-11(3,4)10(14)15/h8H,5-7H2,1-4H3,(H,12,13)(H,14,15). The van der Waals surface area contributed by atoms with Crippen molar-refractivity contribution in [3.63, 3.8) is 0 Å². The molecular formula is C11H21NO3. The molecule has 0 fully saturated rings. The van der Waals surface area contributed by atoms with Gasteiger partial charge in [0.15, 0.2) is 0 Å². The van der Waals surface area contributed by atoms with Crippen LogP contribution < -0.4 is 5.32 Å². The summed E-state index contributed by atoms with van der Waals surface area (Å²) in [5.41, 5.74) is -0.895. The number of carbonyl (C=O) groups excluding carboxylic acids is 1. The molecule has 88 valence electrons. The topological polar surface area (TPSA) is 66.4 Å². The van der Waals surface area contributed by atoms with Crippen molar-refractivity contribution in [2.24, 2.45) is 11.3 Å². The van der Waals surface area contributed by atoms with Gasteiger partial charge in [0.2, 0.25) is 5.91 Å². The molecule has 0 unspecified atom stereocenters. The lowest BCUT2D eigenvalue weighted by Crippen LogP contribution is -2.38. The van der Waals surface area contributed by atoms with Crippen LogP contribution in [0, 0.1) is 11.3 Å². The molecule has 4 nitrogen and oxygen atoms in total. The van der Waals surface area contributed by atoms with Crippen molar-refractivity contribution in [2.45, 2.75) is 40.5 Å². The van der Waals surface area contributed by atoms with Crippen molar-refractivity contribution in [1.29, 1.82) is 0 Å². The SMILES string of the molecule is CC(C)CCC(=O)NCC(C)(C)C(=O)O. The van der Waals surface area contributed by atoms with Crippen LogP contribution in [0.5, 0.6) is 0 Å². The molecule has 0 saturated carbocycles. The van der Waals surface area contributed by atoms with Crippen molar-refractivity contribution >= 4 is 11.9 Å². The van der Waals surface area contributed by atoms with Crippen LogP contribution in [0.3, 0.4) is 0 Å². The average molecular weight is 215 g/mol. The van der Waals surface area contributed by atoms with Crippen LogP contribution in [-0.2, 0) is 9.59 Å². The first kappa shape index (κ1) is 13.9. The van der Waals surface area contributed by atoms with Gasteiger partial charge in [0, 0.05) is 13.0 Å². The fraction of sp³-hybridized carbons (Fsp3) is 0.818. The van der Waals surface area contributed by atoms with Crippen LogP contribution in [0.4, 0.5) is 0 Å². The van der Waals surface area contributed by atoms with E-state index in [-0.39, 0.29) is 12.5 Å². The molecule has 0 atom stereocenters. The van der Waals surface area contributed by atoms with E-state index in [1.54, 1.807) is 13.8 Å². The Morgan fingerprint density at radius 2 is 1.87 bits per heavy atom. The van der Waals surface area contributed by atoms with Crippen LogP contribution >= 0.6 is 0 Å². The smallest absolute Gasteiger partial charge is 0.310 e. The Morgan fingerprint density at radius 1 is 1.33 bits per heavy atom. The molecule has 0 rings (SSSR count). The van der Waals surface area contributed by atoms with Gasteiger partial charge < -0.3 is 10.4 Å². The minimum absolute atomic E-state index is 0.0713. The number of carboxylic acid groups (broad SMARTS) is 1. The van der Waals surface area contributed by atoms with Gasteiger partial charge in [0.05, 0.1) is 5.41 Å². The zero-order valence-corrected chi connectivity index (χ0v) is 9.96. The van der Waals surface area contributed by atoms with Crippen molar-refractivity contribution < 1.29 is 14.7 Å². The highest BCUT2D eigenvalue weighted by molar-refractivity contribution is 5.78. The summed E-state index contributed by atoms with van der Waals surface area (Å²) in [6.07, 6.45) is 1.30. The van der Waals surface area contributed by atoms with Crippen LogP contribution in [0.15, 0.2) is 0 Å². The minimum atomic E-state index is -0.897. The first-order chi connectivity index (χ1) is 6.75. The maximum Gasteiger partial charge on any atom is 0.310 e. The maximum atomic E-state index is 11.3. The number of amides is 1. The summed E-state index contributed by atoms with van der Waals surface area (Å²) in [5.74, 6) is -0.479. The molecular weight excluding hydrogens is 194 g/mol. The average Bonchev–Trinajstić information content (AvgIpc) is 2.11. The first-order valence-electron chi connectivity index (χ1n) is 5.26. The van der Waals surface area contributed by atoms with Crippen LogP contribution in [0.1, 0.15) is 40.5 Å². The molecule has 0 radical (unpaired) electrons. The second-order valence-electron chi connectivity index (χ2n) is 4.90. The van der Waals surface area contributed by atoms with E-state index < -0.39 is 11.4 Å². The van der Waals surface area contributed by atoms with Crippen molar-refractivity contribution in [2.75, 3.05) is 6.54 Å². The van der Waals surface area contributed by atoms with E-state index in [9.17, 15) is 9.59 Å². The third kappa shape index (κ3) is 6.10. The Labute approximate surface area is 91.1 Å². The summed E-state index contributed by atoms with van der Waals surface area (Å²) in [7, 11) is 0. The summed E-state index contributed by atoms with van der Waals surface area (Å²) in [6.45, 7) is 7.47. The molecule has 4 heteroatoms. The lowest BCUT2D eigenvalue weighted by molar-refractivity contribution is -0.146. The number of nitrogens with one attached hydrogen (secondary N) is 1. The molecule has 0 aliphatic rings. The fourth-order valence-corrected chi connectivity index (χ4v) is 0.903. The highest BCUT2D eigenvalue weighted by Gasteiger charge is 2.27. The molecule has 0 aromatic rings. The molecule has 15 heavy (non-hydrogen) atoms. The second kappa shape index (κ2) is 5.73. The predicted octanol–water partition coefficient (Wildman–Crippen LogP) is 1.65. The van der Waals surface area contributed by atoms with Crippen LogP contribution in [-0.4, -0.2) is 23.5 Å². The van der Waals surface area contributed by atoms with Crippen LogP contribution in [0.25, 0.3) is 0 Å². The van der Waals surface area contributed by atoms with E-state index in [4.69, 9.17) is 5.11 Å². The number of carbonyl (C=O) groups is 2. The summed E-state index contributed by atoms with van der Waals surface area (Å²) < 4.78 is 0. The van der Waals surface area contributed by atoms with Gasteiger partial charge in [-0.05, 0) is 26.2 Å². The fourth-order valence-electron chi connectivity index (χ4n) is 0.903. The molecule has 1 amide bonds. The zero-order chi connectivity index (χ0) is 12.1. The van der Waals surface area contributed by atoms with Gasteiger partial charge in [-0.3, -0.25) is 9.59 Å². The van der Waals surface area contributed by atoms with Crippen molar-refractivity contribution in [3.8, 4) is 0 Å². The van der Waals surface area contributed by atoms with Gasteiger partial charge in [-0.2, -0.15) is 0 Å². The van der Waals surface area contributed by atoms with Gasteiger partial charge in [-0.15, -0.1) is 0 Å². The highest BCUT2D eigenvalue weighted by Crippen LogP contribution is 2.13. The van der Waals surface area contributed by atoms with Gasteiger partial charge in [0.1, 0.15) is 0 Å². The van der Waals surface area contributed by atoms with Gasteiger partial charge >= 0.3 is 5.97 Å². The second-order valence-corrected chi connectivity index (χ2v) is 4.90. The zero-order valence-electron chi connectivity index (χ0n) is 9.96. The lowest BCUT2D eigenvalue weighted by atomic mass is 9.94. The predicted molar refractivity (Wildman–Crippen MR) is 58.5 cm³/mol. The number of carboxylic acids is 1. The Balaban J connectivity index is 3.85. The lowest BCUT2D eigenvalue weighted by Gasteiger charge is -2.19. The highest BCUT2D eigenvalue weighted by atomic mass is 16.4. The summed E-state index contributed by atoms with van der Waals surface area (Å²) in [5, 5.41) is 11.5. The third-order valence-electron chi connectivity index (χ3n) is 2.26. The van der Waals surface area contributed by atoms with Crippen molar-refractivity contribution in [3.05, 3.63) is 0 Å².